The Labute approximate surface area is 102 Å². The van der Waals surface area contributed by atoms with E-state index in [9.17, 15) is 12.9 Å². The summed E-state index contributed by atoms with van der Waals surface area (Å²) in [6.45, 7) is -1.79. The normalized spacial score (nSPS) is 12.7. The number of hydrogen-bond acceptors (Lipinski definition) is 0. The third-order valence-corrected chi connectivity index (χ3v) is 1.20. The maximum Gasteiger partial charge on any atom is 1.00 e. The van der Waals surface area contributed by atoms with Crippen LogP contribution in [-0.2, 0) is 0 Å². The Bertz CT molecular complexity index is 119. The van der Waals surface area contributed by atoms with E-state index in [1.807, 2.05) is 0 Å². The zero-order valence-electron chi connectivity index (χ0n) is 6.50. The van der Waals surface area contributed by atoms with Gasteiger partial charge >= 0.3 is 58.4 Å². The van der Waals surface area contributed by atoms with Crippen molar-refractivity contribution < 1.29 is 64.3 Å². The molecule has 0 unspecified atom stereocenters. The topological polar surface area (TPSA) is 0 Å². The molecule has 0 nitrogen and oxygen atoms in total. The van der Waals surface area contributed by atoms with Gasteiger partial charge in [-0.1, -0.05) is 13.3 Å². The molecule has 0 saturated heterocycles. The summed E-state index contributed by atoms with van der Waals surface area (Å²) in [6, 6.07) is 0. The Hall–Kier alpha value is 1.23. The van der Waals surface area contributed by atoms with Gasteiger partial charge in [-0.15, -0.1) is 11.5 Å². The van der Waals surface area contributed by atoms with Crippen molar-refractivity contribution in [3.63, 3.8) is 0 Å². The summed E-state index contributed by atoms with van der Waals surface area (Å²) in [5.41, 5.74) is -0.394. The molecule has 0 rings (SSSR count). The van der Waals surface area contributed by atoms with Gasteiger partial charge in [0.2, 0.25) is 0 Å². The molecule has 0 saturated carbocycles. The smallest absolute Gasteiger partial charge is 0.445 e. The predicted molar refractivity (Wildman–Crippen MR) is 33.1 cm³/mol. The molecule has 5 heteroatoms. The van der Waals surface area contributed by atoms with Crippen LogP contribution in [0.15, 0.2) is 11.5 Å². The number of hydrogen-bond donors (Lipinski definition) is 0. The molecule has 0 aliphatic rings. The number of allylic oxidation sites excluding steroid dienone is 2. The van der Waals surface area contributed by atoms with Gasteiger partial charge in [-0.05, 0) is 6.92 Å². The first kappa shape index (κ1) is 13.8. The Morgan fingerprint density at radius 1 is 1.40 bits per heavy atom. The van der Waals surface area contributed by atoms with Crippen molar-refractivity contribution in [3.8, 4) is 0 Å². The Morgan fingerprint density at radius 3 is 1.80 bits per heavy atom. The zero-order chi connectivity index (χ0) is 7.49. The first-order valence-electron chi connectivity index (χ1n) is 2.87. The Kier molecular flexibility index (Phi) is 8.04. The summed E-state index contributed by atoms with van der Waals surface area (Å²) in [5.74, 6) is 0. The van der Waals surface area contributed by atoms with Gasteiger partial charge in [-0.2, -0.15) is 0 Å². The molecule has 0 aromatic carbocycles. The molecule has 0 fully saturated rings. The first-order chi connectivity index (χ1) is 4.02. The fraction of sp³-hybridized carbons (Fsp3) is 0.600. The van der Waals surface area contributed by atoms with Gasteiger partial charge in [-0.3, -0.25) is 0 Å². The van der Waals surface area contributed by atoms with E-state index in [0.29, 0.717) is 0 Å². The van der Waals surface area contributed by atoms with Gasteiger partial charge in [0.25, 0.3) is 0 Å². The molecular weight excluding hydrogens is 167 g/mol. The minimum absolute atomic E-state index is 0. The van der Waals surface area contributed by atoms with Crippen LogP contribution in [0.1, 0.15) is 20.3 Å². The third-order valence-electron chi connectivity index (χ3n) is 1.20. The standard InChI is InChI=1S/C5H9BF3.K/c1-3-5(4-2)6(7,8)9;/h3H,4H2,1-2H3;/q-1;+1. The van der Waals surface area contributed by atoms with Crippen LogP contribution in [0, 0.1) is 0 Å². The average molecular weight is 176 g/mol. The second kappa shape index (κ2) is 5.83. The van der Waals surface area contributed by atoms with E-state index in [2.05, 4.69) is 0 Å². The summed E-state index contributed by atoms with van der Waals surface area (Å²) in [6.07, 6.45) is 1.21. The molecule has 0 aromatic rings. The molecule has 0 aliphatic heterocycles. The summed E-state index contributed by atoms with van der Waals surface area (Å²) < 4.78 is 35.1. The van der Waals surface area contributed by atoms with E-state index in [1.54, 1.807) is 0 Å². The minimum Gasteiger partial charge on any atom is -0.445 e. The molecule has 10 heavy (non-hydrogen) atoms. The summed E-state index contributed by atoms with van der Waals surface area (Å²) in [7, 11) is 0. The van der Waals surface area contributed by atoms with Gasteiger partial charge < -0.3 is 12.9 Å². The van der Waals surface area contributed by atoms with Crippen LogP contribution in [0.5, 0.6) is 0 Å². The first-order valence-corrected chi connectivity index (χ1v) is 2.87. The Balaban J connectivity index is 0. The minimum atomic E-state index is -4.71. The summed E-state index contributed by atoms with van der Waals surface area (Å²) in [5, 5.41) is 0. The second-order valence-electron chi connectivity index (χ2n) is 1.79. The molecule has 0 aromatic heterocycles. The molecule has 0 spiro atoms. The van der Waals surface area contributed by atoms with Crippen LogP contribution >= 0.6 is 0 Å². The van der Waals surface area contributed by atoms with Gasteiger partial charge in [-0.25, -0.2) is 0 Å². The molecule has 0 heterocycles. The third kappa shape index (κ3) is 4.96. The quantitative estimate of drug-likeness (QED) is 0.508. The van der Waals surface area contributed by atoms with Crippen molar-refractivity contribution in [2.45, 2.75) is 20.3 Å². The van der Waals surface area contributed by atoms with Gasteiger partial charge in [0.05, 0.1) is 0 Å². The Morgan fingerprint density at radius 2 is 1.80 bits per heavy atom. The van der Waals surface area contributed by atoms with Crippen LogP contribution in [0.25, 0.3) is 0 Å². The maximum absolute atomic E-state index is 11.7. The average Bonchev–Trinajstić information content (AvgIpc) is 1.65. The molecule has 0 aliphatic carbocycles. The van der Waals surface area contributed by atoms with E-state index in [-0.39, 0.29) is 57.8 Å². The fourth-order valence-corrected chi connectivity index (χ4v) is 0.625. The fourth-order valence-electron chi connectivity index (χ4n) is 0.625. The van der Waals surface area contributed by atoms with E-state index in [0.717, 1.165) is 6.08 Å². The van der Waals surface area contributed by atoms with Crippen LogP contribution in [-0.4, -0.2) is 6.98 Å². The molecule has 0 N–H and O–H groups in total. The van der Waals surface area contributed by atoms with Crippen LogP contribution in [0.4, 0.5) is 12.9 Å². The van der Waals surface area contributed by atoms with E-state index < -0.39 is 12.4 Å². The summed E-state index contributed by atoms with van der Waals surface area (Å²) in [4.78, 5) is 0. The molecule has 0 atom stereocenters. The number of rotatable bonds is 2. The number of halogens is 3. The van der Waals surface area contributed by atoms with E-state index in [1.165, 1.54) is 13.8 Å². The SMILES string of the molecule is CC=C(CC)[B-](F)(F)F.[K+]. The van der Waals surface area contributed by atoms with Crippen molar-refractivity contribution >= 4 is 6.98 Å². The van der Waals surface area contributed by atoms with Crippen LogP contribution in [0.3, 0.4) is 0 Å². The predicted octanol–water partition coefficient (Wildman–Crippen LogP) is -0.267. The van der Waals surface area contributed by atoms with E-state index in [4.69, 9.17) is 0 Å². The van der Waals surface area contributed by atoms with Crippen LogP contribution in [0.2, 0.25) is 0 Å². The largest absolute Gasteiger partial charge is 1.00 e. The van der Waals surface area contributed by atoms with Gasteiger partial charge in [0, 0.05) is 0 Å². The maximum atomic E-state index is 11.7. The van der Waals surface area contributed by atoms with Crippen molar-refractivity contribution in [1.82, 2.24) is 0 Å². The molecule has 0 radical (unpaired) electrons. The zero-order valence-corrected chi connectivity index (χ0v) is 9.62. The van der Waals surface area contributed by atoms with Gasteiger partial charge in [0.15, 0.2) is 0 Å². The van der Waals surface area contributed by atoms with Gasteiger partial charge in [0.1, 0.15) is 0 Å². The molecular formula is C5H9BF3K. The van der Waals surface area contributed by atoms with Crippen molar-refractivity contribution in [3.05, 3.63) is 11.5 Å². The molecule has 0 amide bonds. The van der Waals surface area contributed by atoms with Crippen LogP contribution < -0.4 is 51.4 Å². The molecule has 0 bridgehead atoms. The molecule has 54 valence electrons. The van der Waals surface area contributed by atoms with Crippen molar-refractivity contribution in [2.75, 3.05) is 0 Å². The van der Waals surface area contributed by atoms with Crippen molar-refractivity contribution in [2.24, 2.45) is 0 Å². The van der Waals surface area contributed by atoms with Crippen molar-refractivity contribution in [1.29, 1.82) is 0 Å². The van der Waals surface area contributed by atoms with E-state index >= 15 is 0 Å². The second-order valence-corrected chi connectivity index (χ2v) is 1.79. The monoisotopic (exact) mass is 176 g/mol. The summed E-state index contributed by atoms with van der Waals surface area (Å²) >= 11 is 0.